The van der Waals surface area contributed by atoms with Gasteiger partial charge in [-0.3, -0.25) is 9.48 Å². The van der Waals surface area contributed by atoms with E-state index in [1.807, 2.05) is 19.9 Å². The number of nitrogens with one attached hydrogen (secondary N) is 1. The van der Waals surface area contributed by atoms with E-state index >= 15 is 0 Å². The number of aliphatic carboxylic acids is 1. The van der Waals surface area contributed by atoms with Gasteiger partial charge in [-0.15, -0.1) is 0 Å². The predicted molar refractivity (Wildman–Crippen MR) is 66.1 cm³/mol. The van der Waals surface area contributed by atoms with E-state index in [2.05, 4.69) is 10.4 Å². The van der Waals surface area contributed by atoms with Crippen LogP contribution in [-0.4, -0.2) is 32.8 Å². The highest BCUT2D eigenvalue weighted by atomic mass is 16.4. The highest BCUT2D eigenvalue weighted by molar-refractivity contribution is 5.83. The third-order valence-electron chi connectivity index (χ3n) is 2.65. The van der Waals surface area contributed by atoms with E-state index < -0.39 is 12.0 Å². The highest BCUT2D eigenvalue weighted by Gasteiger charge is 2.23. The maximum Gasteiger partial charge on any atom is 0.326 e. The smallest absolute Gasteiger partial charge is 0.326 e. The highest BCUT2D eigenvalue weighted by Crippen LogP contribution is 2.04. The minimum absolute atomic E-state index is 0.0379. The number of aryl methyl sites for hydroxylation is 2. The number of hydrogen-bond donors (Lipinski definition) is 2. The lowest BCUT2D eigenvalue weighted by Crippen LogP contribution is -2.45. The summed E-state index contributed by atoms with van der Waals surface area (Å²) in [4.78, 5) is 22.7. The molecule has 2 N–H and O–H groups in total. The van der Waals surface area contributed by atoms with E-state index in [9.17, 15) is 9.59 Å². The van der Waals surface area contributed by atoms with Crippen LogP contribution >= 0.6 is 0 Å². The summed E-state index contributed by atoms with van der Waals surface area (Å²) >= 11 is 0. The first kappa shape index (κ1) is 14.2. The molecule has 18 heavy (non-hydrogen) atoms. The molecule has 0 unspecified atom stereocenters. The van der Waals surface area contributed by atoms with E-state index in [0.29, 0.717) is 0 Å². The molecule has 6 nitrogen and oxygen atoms in total. The standard InChI is InChI=1S/C12H19N3O3/c1-7(2)11(12(17)18)13-10(16)6-15-9(4)5-8(3)14-15/h5,7,11H,6H2,1-4H3,(H,13,16)(H,17,18)/t11-/m1/s1. The van der Waals surface area contributed by atoms with Crippen molar-refractivity contribution in [2.24, 2.45) is 5.92 Å². The van der Waals surface area contributed by atoms with Gasteiger partial charge in [0.2, 0.25) is 5.91 Å². The SMILES string of the molecule is Cc1cc(C)n(CC(=O)N[C@@H](C(=O)O)C(C)C)n1. The fraction of sp³-hybridized carbons (Fsp3) is 0.583. The van der Waals surface area contributed by atoms with Gasteiger partial charge in [0.05, 0.1) is 5.69 Å². The Morgan fingerprint density at radius 3 is 2.44 bits per heavy atom. The zero-order valence-corrected chi connectivity index (χ0v) is 11.1. The summed E-state index contributed by atoms with van der Waals surface area (Å²) in [6.07, 6.45) is 0. The fourth-order valence-corrected chi connectivity index (χ4v) is 1.70. The second-order valence-corrected chi connectivity index (χ2v) is 4.71. The molecule has 0 aliphatic carbocycles. The molecule has 1 aromatic rings. The number of nitrogens with zero attached hydrogens (tertiary/aromatic N) is 2. The average molecular weight is 253 g/mol. The molecule has 0 radical (unpaired) electrons. The maximum absolute atomic E-state index is 11.8. The topological polar surface area (TPSA) is 84.2 Å². The van der Waals surface area contributed by atoms with Gasteiger partial charge in [-0.25, -0.2) is 4.79 Å². The first-order valence-corrected chi connectivity index (χ1v) is 5.84. The molecule has 0 saturated carbocycles. The summed E-state index contributed by atoms with van der Waals surface area (Å²) in [6, 6.07) is 0.999. The summed E-state index contributed by atoms with van der Waals surface area (Å²) in [5, 5.41) is 15.6. The van der Waals surface area contributed by atoms with Crippen LogP contribution in [0.25, 0.3) is 0 Å². The molecule has 0 saturated heterocycles. The van der Waals surface area contributed by atoms with Crippen molar-refractivity contribution in [2.75, 3.05) is 0 Å². The van der Waals surface area contributed by atoms with Gasteiger partial charge in [0.25, 0.3) is 0 Å². The zero-order valence-electron chi connectivity index (χ0n) is 11.1. The van der Waals surface area contributed by atoms with Gasteiger partial charge in [-0.05, 0) is 25.8 Å². The van der Waals surface area contributed by atoms with Crippen LogP contribution in [0.5, 0.6) is 0 Å². The summed E-state index contributed by atoms with van der Waals surface area (Å²) in [5.41, 5.74) is 1.71. The van der Waals surface area contributed by atoms with E-state index in [1.54, 1.807) is 18.5 Å². The third-order valence-corrected chi connectivity index (χ3v) is 2.65. The van der Waals surface area contributed by atoms with Crippen molar-refractivity contribution in [1.29, 1.82) is 0 Å². The molecule has 0 aromatic carbocycles. The second-order valence-electron chi connectivity index (χ2n) is 4.71. The van der Waals surface area contributed by atoms with Crippen molar-refractivity contribution < 1.29 is 14.7 Å². The van der Waals surface area contributed by atoms with Crippen molar-refractivity contribution in [1.82, 2.24) is 15.1 Å². The van der Waals surface area contributed by atoms with E-state index in [0.717, 1.165) is 11.4 Å². The molecule has 0 spiro atoms. The van der Waals surface area contributed by atoms with Gasteiger partial charge in [0.1, 0.15) is 12.6 Å². The molecule has 0 fully saturated rings. The predicted octanol–water partition coefficient (Wildman–Crippen LogP) is 0.725. The van der Waals surface area contributed by atoms with E-state index in [-0.39, 0.29) is 18.4 Å². The van der Waals surface area contributed by atoms with Crippen molar-refractivity contribution >= 4 is 11.9 Å². The van der Waals surface area contributed by atoms with Gasteiger partial charge in [-0.2, -0.15) is 5.10 Å². The molecular weight excluding hydrogens is 234 g/mol. The van der Waals surface area contributed by atoms with Gasteiger partial charge in [0.15, 0.2) is 0 Å². The molecule has 1 amide bonds. The summed E-state index contributed by atoms with van der Waals surface area (Å²) < 4.78 is 1.56. The summed E-state index contributed by atoms with van der Waals surface area (Å²) in [6.45, 7) is 7.24. The van der Waals surface area contributed by atoms with Crippen molar-refractivity contribution in [3.8, 4) is 0 Å². The Kier molecular flexibility index (Phi) is 4.47. The second kappa shape index (κ2) is 5.66. The van der Waals surface area contributed by atoms with Gasteiger partial charge >= 0.3 is 5.97 Å². The first-order valence-electron chi connectivity index (χ1n) is 5.84. The average Bonchev–Trinajstić information content (AvgIpc) is 2.53. The molecule has 1 atom stereocenters. The monoisotopic (exact) mass is 253 g/mol. The van der Waals surface area contributed by atoms with Crippen LogP contribution in [0.3, 0.4) is 0 Å². The lowest BCUT2D eigenvalue weighted by Gasteiger charge is -2.18. The van der Waals surface area contributed by atoms with Crippen LogP contribution in [0.4, 0.5) is 0 Å². The number of rotatable bonds is 5. The maximum atomic E-state index is 11.8. The Morgan fingerprint density at radius 1 is 1.44 bits per heavy atom. The molecule has 1 aromatic heterocycles. The van der Waals surface area contributed by atoms with Gasteiger partial charge in [0, 0.05) is 5.69 Å². The largest absolute Gasteiger partial charge is 0.480 e. The van der Waals surface area contributed by atoms with Crippen LogP contribution in [0, 0.1) is 19.8 Å². The van der Waals surface area contributed by atoms with Crippen molar-refractivity contribution in [3.05, 3.63) is 17.5 Å². The minimum atomic E-state index is -1.02. The molecule has 6 heteroatoms. The Hall–Kier alpha value is -1.85. The third kappa shape index (κ3) is 3.58. The number of carboxylic acids is 1. The molecular formula is C12H19N3O3. The van der Waals surface area contributed by atoms with Crippen LogP contribution in [-0.2, 0) is 16.1 Å². The van der Waals surface area contributed by atoms with Crippen LogP contribution in [0.15, 0.2) is 6.07 Å². The van der Waals surface area contributed by atoms with E-state index in [4.69, 9.17) is 5.11 Å². The number of amides is 1. The number of carboxylic acid groups (broad SMARTS) is 1. The van der Waals surface area contributed by atoms with Gasteiger partial charge < -0.3 is 10.4 Å². The van der Waals surface area contributed by atoms with Gasteiger partial charge in [-0.1, -0.05) is 13.8 Å². The molecule has 0 bridgehead atoms. The normalized spacial score (nSPS) is 12.5. The molecule has 0 aliphatic rings. The fourth-order valence-electron chi connectivity index (χ4n) is 1.70. The zero-order chi connectivity index (χ0) is 13.9. The number of aromatic nitrogens is 2. The van der Waals surface area contributed by atoms with Crippen LogP contribution < -0.4 is 5.32 Å². The molecule has 1 rings (SSSR count). The van der Waals surface area contributed by atoms with Crippen molar-refractivity contribution in [2.45, 2.75) is 40.3 Å². The summed E-state index contributed by atoms with van der Waals surface area (Å²) in [7, 11) is 0. The number of carbonyl (C=O) groups excluding carboxylic acids is 1. The van der Waals surface area contributed by atoms with Crippen LogP contribution in [0.1, 0.15) is 25.2 Å². The molecule has 100 valence electrons. The number of carbonyl (C=O) groups is 2. The van der Waals surface area contributed by atoms with Crippen molar-refractivity contribution in [3.63, 3.8) is 0 Å². The lowest BCUT2D eigenvalue weighted by atomic mass is 10.1. The molecule has 1 heterocycles. The Morgan fingerprint density at radius 2 is 2.06 bits per heavy atom. The minimum Gasteiger partial charge on any atom is -0.480 e. The van der Waals surface area contributed by atoms with Crippen LogP contribution in [0.2, 0.25) is 0 Å². The Balaban J connectivity index is 2.66. The summed E-state index contributed by atoms with van der Waals surface area (Å²) in [5.74, 6) is -1.53. The number of hydrogen-bond acceptors (Lipinski definition) is 3. The Labute approximate surface area is 106 Å². The lowest BCUT2D eigenvalue weighted by molar-refractivity contribution is -0.143. The quantitative estimate of drug-likeness (QED) is 0.810. The first-order chi connectivity index (χ1) is 8.31. The molecule has 0 aliphatic heterocycles. The Bertz CT molecular complexity index is 451. The van der Waals surface area contributed by atoms with E-state index in [1.165, 1.54) is 0 Å².